The molecule has 0 radical (unpaired) electrons. The first-order valence-electron chi connectivity index (χ1n) is 6.65. The third-order valence-corrected chi connectivity index (χ3v) is 5.46. The molecule has 0 atom stereocenters. The van der Waals surface area contributed by atoms with Crippen LogP contribution in [0.15, 0.2) is 29.8 Å². The average molecular weight is 326 g/mol. The van der Waals surface area contributed by atoms with Gasteiger partial charge in [0.1, 0.15) is 10.6 Å². The number of carbonyl (C=O) groups excluding carboxylic acids is 2. The van der Waals surface area contributed by atoms with E-state index in [4.69, 9.17) is 5.73 Å². The predicted molar refractivity (Wildman–Crippen MR) is 79.5 cm³/mol. The zero-order chi connectivity index (χ0) is 16.5. The van der Waals surface area contributed by atoms with E-state index in [1.807, 2.05) is 0 Å². The number of primary amides is 1. The first-order valence-corrected chi connectivity index (χ1v) is 8.09. The third kappa shape index (κ3) is 2.90. The Bertz CT molecular complexity index is 714. The Morgan fingerprint density at radius 2 is 1.86 bits per heavy atom. The largest absolute Gasteiger partial charge is 0.364 e. The van der Waals surface area contributed by atoms with Crippen molar-refractivity contribution in [2.24, 2.45) is 12.8 Å². The van der Waals surface area contributed by atoms with E-state index >= 15 is 0 Å². The monoisotopic (exact) mass is 326 g/mol. The molecule has 0 aromatic carbocycles. The fourth-order valence-electron chi connectivity index (χ4n) is 2.35. The Hall–Kier alpha value is -2.13. The van der Waals surface area contributed by atoms with Crippen LogP contribution in [0.1, 0.15) is 10.5 Å². The van der Waals surface area contributed by atoms with Crippen LogP contribution in [0, 0.1) is 0 Å². The summed E-state index contributed by atoms with van der Waals surface area (Å²) in [7, 11) is -2.16. The minimum absolute atomic E-state index is 0.0206. The number of nitrogens with zero attached hydrogens (tertiary/aromatic N) is 3. The molecule has 2 N–H and O–H groups in total. The van der Waals surface area contributed by atoms with Crippen molar-refractivity contribution in [3.63, 3.8) is 0 Å². The topological polar surface area (TPSA) is 106 Å². The minimum Gasteiger partial charge on any atom is -0.364 e. The summed E-state index contributed by atoms with van der Waals surface area (Å²) in [6.07, 6.45) is 2.57. The van der Waals surface area contributed by atoms with Gasteiger partial charge in [-0.3, -0.25) is 9.59 Å². The van der Waals surface area contributed by atoms with E-state index in [0.29, 0.717) is 13.1 Å². The lowest BCUT2D eigenvalue weighted by Crippen LogP contribution is -2.50. The number of aryl methyl sites for hydroxylation is 1. The van der Waals surface area contributed by atoms with E-state index in [1.165, 1.54) is 27.2 Å². The van der Waals surface area contributed by atoms with Crippen molar-refractivity contribution < 1.29 is 18.0 Å². The van der Waals surface area contributed by atoms with E-state index in [-0.39, 0.29) is 29.6 Å². The van der Waals surface area contributed by atoms with E-state index in [0.717, 1.165) is 0 Å². The Labute approximate surface area is 128 Å². The molecule has 0 aliphatic carbocycles. The molecule has 0 saturated carbocycles. The van der Waals surface area contributed by atoms with Crippen molar-refractivity contribution in [3.05, 3.63) is 30.6 Å². The molecule has 22 heavy (non-hydrogen) atoms. The number of nitrogens with two attached hydrogens (primary N) is 1. The summed E-state index contributed by atoms with van der Waals surface area (Å²) in [5.74, 6) is -0.905. The molecule has 2 heterocycles. The van der Waals surface area contributed by atoms with Crippen LogP contribution in [-0.4, -0.2) is 60.2 Å². The molecular formula is C13H18N4O4S. The summed E-state index contributed by atoms with van der Waals surface area (Å²) in [6, 6.07) is 1.26. The molecule has 1 aliphatic heterocycles. The van der Waals surface area contributed by atoms with Crippen LogP contribution in [0.25, 0.3) is 0 Å². The van der Waals surface area contributed by atoms with Gasteiger partial charge in [0.05, 0.1) is 0 Å². The number of rotatable bonds is 4. The number of hydrogen-bond donors (Lipinski definition) is 1. The van der Waals surface area contributed by atoms with Crippen LogP contribution in [-0.2, 0) is 21.9 Å². The molecule has 9 heteroatoms. The Kier molecular flexibility index (Phi) is 4.38. The quantitative estimate of drug-likeness (QED) is 0.727. The molecule has 2 amide bonds. The minimum atomic E-state index is -3.71. The summed E-state index contributed by atoms with van der Waals surface area (Å²) < 4.78 is 27.8. The van der Waals surface area contributed by atoms with Crippen molar-refractivity contribution in [1.29, 1.82) is 0 Å². The first kappa shape index (κ1) is 16.2. The number of sulfonamides is 1. The lowest BCUT2D eigenvalue weighted by Gasteiger charge is -2.33. The van der Waals surface area contributed by atoms with Gasteiger partial charge in [0.15, 0.2) is 0 Å². The molecule has 1 aromatic rings. The molecular weight excluding hydrogens is 308 g/mol. The average Bonchev–Trinajstić information content (AvgIpc) is 2.89. The molecule has 0 unspecified atom stereocenters. The molecule has 0 spiro atoms. The lowest BCUT2D eigenvalue weighted by molar-refractivity contribution is -0.127. The molecule has 8 nitrogen and oxygen atoms in total. The van der Waals surface area contributed by atoms with Gasteiger partial charge in [-0.15, -0.1) is 0 Å². The number of hydrogen-bond acceptors (Lipinski definition) is 4. The van der Waals surface area contributed by atoms with Crippen LogP contribution < -0.4 is 5.73 Å². The summed E-state index contributed by atoms with van der Waals surface area (Å²) >= 11 is 0. The second-order valence-corrected chi connectivity index (χ2v) is 6.91. The maximum atomic E-state index is 12.6. The maximum absolute atomic E-state index is 12.6. The maximum Gasteiger partial charge on any atom is 0.265 e. The second-order valence-electron chi connectivity index (χ2n) is 4.97. The van der Waals surface area contributed by atoms with Gasteiger partial charge in [0.2, 0.25) is 15.9 Å². The molecule has 1 aliphatic rings. The van der Waals surface area contributed by atoms with Crippen molar-refractivity contribution in [1.82, 2.24) is 13.8 Å². The fraction of sp³-hybridized carbons (Fsp3) is 0.385. The molecule has 120 valence electrons. The van der Waals surface area contributed by atoms with Crippen LogP contribution in [0.5, 0.6) is 0 Å². The van der Waals surface area contributed by atoms with Crippen molar-refractivity contribution in [2.45, 2.75) is 4.90 Å². The van der Waals surface area contributed by atoms with Crippen molar-refractivity contribution >= 4 is 21.8 Å². The van der Waals surface area contributed by atoms with E-state index in [9.17, 15) is 18.0 Å². The van der Waals surface area contributed by atoms with Crippen molar-refractivity contribution in [3.8, 4) is 0 Å². The van der Waals surface area contributed by atoms with Gasteiger partial charge in [0, 0.05) is 39.4 Å². The molecule has 2 rings (SSSR count). The predicted octanol–water partition coefficient (Wildman–Crippen LogP) is -0.857. The number of amides is 2. The lowest BCUT2D eigenvalue weighted by atomic mass is 10.3. The second kappa shape index (κ2) is 5.93. The third-order valence-electron chi connectivity index (χ3n) is 3.60. The zero-order valence-electron chi connectivity index (χ0n) is 12.2. The normalized spacial score (nSPS) is 16.5. The Balaban J connectivity index is 2.18. The molecule has 1 fully saturated rings. The van der Waals surface area contributed by atoms with Crippen LogP contribution in [0.2, 0.25) is 0 Å². The van der Waals surface area contributed by atoms with Gasteiger partial charge in [-0.1, -0.05) is 6.58 Å². The highest BCUT2D eigenvalue weighted by molar-refractivity contribution is 7.89. The summed E-state index contributed by atoms with van der Waals surface area (Å²) in [4.78, 5) is 24.3. The molecule has 1 aromatic heterocycles. The Morgan fingerprint density at radius 3 is 2.32 bits per heavy atom. The summed E-state index contributed by atoms with van der Waals surface area (Å²) in [5, 5.41) is 0. The SMILES string of the molecule is C=CC(=O)N1CCN(S(=O)(=O)c2cc(C(N)=O)n(C)c2)CC1. The Morgan fingerprint density at radius 1 is 1.27 bits per heavy atom. The van der Waals surface area contributed by atoms with Gasteiger partial charge in [-0.25, -0.2) is 8.42 Å². The van der Waals surface area contributed by atoms with E-state index in [1.54, 1.807) is 11.9 Å². The standard InChI is InChI=1S/C13H18N4O4S/c1-3-12(18)16-4-6-17(7-5-16)22(20,21)10-8-11(13(14)19)15(2)9-10/h3,8-9H,1,4-7H2,2H3,(H2,14,19). The smallest absolute Gasteiger partial charge is 0.265 e. The first-order chi connectivity index (χ1) is 10.3. The summed E-state index contributed by atoms with van der Waals surface area (Å²) in [6.45, 7) is 4.42. The van der Waals surface area contributed by atoms with Gasteiger partial charge in [0.25, 0.3) is 5.91 Å². The number of carbonyl (C=O) groups is 2. The fourth-order valence-corrected chi connectivity index (χ4v) is 3.84. The van der Waals surface area contributed by atoms with Crippen LogP contribution >= 0.6 is 0 Å². The summed E-state index contributed by atoms with van der Waals surface area (Å²) in [5.41, 5.74) is 5.32. The van der Waals surface area contributed by atoms with Crippen molar-refractivity contribution in [2.75, 3.05) is 26.2 Å². The van der Waals surface area contributed by atoms with Crippen LogP contribution in [0.3, 0.4) is 0 Å². The highest BCUT2D eigenvalue weighted by atomic mass is 32.2. The molecule has 1 saturated heterocycles. The highest BCUT2D eigenvalue weighted by Gasteiger charge is 2.31. The van der Waals surface area contributed by atoms with E-state index < -0.39 is 15.9 Å². The highest BCUT2D eigenvalue weighted by Crippen LogP contribution is 2.20. The van der Waals surface area contributed by atoms with Crippen LogP contribution in [0.4, 0.5) is 0 Å². The van der Waals surface area contributed by atoms with Gasteiger partial charge < -0.3 is 15.2 Å². The number of aromatic nitrogens is 1. The van der Waals surface area contributed by atoms with Gasteiger partial charge in [-0.2, -0.15) is 4.31 Å². The van der Waals surface area contributed by atoms with Gasteiger partial charge >= 0.3 is 0 Å². The zero-order valence-corrected chi connectivity index (χ0v) is 13.0. The molecule has 0 bridgehead atoms. The van der Waals surface area contributed by atoms with E-state index in [2.05, 4.69) is 6.58 Å². The number of piperazine rings is 1. The van der Waals surface area contributed by atoms with Gasteiger partial charge in [-0.05, 0) is 12.1 Å².